The van der Waals surface area contributed by atoms with E-state index in [1.807, 2.05) is 0 Å². The SMILES string of the molecule is Cc1c(Br)cccc1CN1CCNCC1.Cl.Cl. The molecule has 0 bridgehead atoms. The first kappa shape index (κ1) is 17.2. The van der Waals surface area contributed by atoms with Crippen molar-refractivity contribution in [2.45, 2.75) is 13.5 Å². The summed E-state index contributed by atoms with van der Waals surface area (Å²) in [4.78, 5) is 2.51. The molecule has 2 rings (SSSR count). The van der Waals surface area contributed by atoms with Crippen LogP contribution in [0, 0.1) is 6.92 Å². The predicted molar refractivity (Wildman–Crippen MR) is 81.5 cm³/mol. The van der Waals surface area contributed by atoms with Gasteiger partial charge in [-0.15, -0.1) is 24.8 Å². The molecule has 0 saturated carbocycles. The van der Waals surface area contributed by atoms with Crippen molar-refractivity contribution in [1.29, 1.82) is 0 Å². The van der Waals surface area contributed by atoms with Crippen molar-refractivity contribution in [1.82, 2.24) is 10.2 Å². The average Bonchev–Trinajstić information content (AvgIpc) is 2.26. The summed E-state index contributed by atoms with van der Waals surface area (Å²) in [6.07, 6.45) is 0. The summed E-state index contributed by atoms with van der Waals surface area (Å²) in [5.74, 6) is 0. The van der Waals surface area contributed by atoms with E-state index in [2.05, 4.69) is 51.3 Å². The fraction of sp³-hybridized carbons (Fsp3) is 0.500. The number of nitrogens with zero attached hydrogens (tertiary/aromatic N) is 1. The summed E-state index contributed by atoms with van der Waals surface area (Å²) in [5.41, 5.74) is 2.81. The zero-order valence-corrected chi connectivity index (χ0v) is 13.1. The molecule has 1 aromatic carbocycles. The Labute approximate surface area is 124 Å². The van der Waals surface area contributed by atoms with E-state index in [9.17, 15) is 0 Å². The fourth-order valence-electron chi connectivity index (χ4n) is 1.93. The molecule has 1 aliphatic heterocycles. The molecule has 5 heteroatoms. The number of benzene rings is 1. The second-order valence-corrected chi connectivity index (χ2v) is 4.90. The van der Waals surface area contributed by atoms with Crippen LogP contribution in [0.4, 0.5) is 0 Å². The Hall–Kier alpha value is 0.200. The largest absolute Gasteiger partial charge is 0.314 e. The topological polar surface area (TPSA) is 15.3 Å². The Morgan fingerprint density at radius 3 is 2.53 bits per heavy atom. The van der Waals surface area contributed by atoms with E-state index in [4.69, 9.17) is 0 Å². The molecule has 17 heavy (non-hydrogen) atoms. The first-order valence-corrected chi connectivity index (χ1v) is 6.24. The van der Waals surface area contributed by atoms with Gasteiger partial charge in [-0.1, -0.05) is 28.1 Å². The van der Waals surface area contributed by atoms with E-state index in [1.54, 1.807) is 0 Å². The van der Waals surface area contributed by atoms with E-state index in [0.717, 1.165) is 32.7 Å². The molecule has 1 heterocycles. The molecule has 0 unspecified atom stereocenters. The fourth-order valence-corrected chi connectivity index (χ4v) is 2.34. The van der Waals surface area contributed by atoms with E-state index in [0.29, 0.717) is 0 Å². The van der Waals surface area contributed by atoms with Crippen LogP contribution >= 0.6 is 40.7 Å². The van der Waals surface area contributed by atoms with E-state index in [1.165, 1.54) is 15.6 Å². The summed E-state index contributed by atoms with van der Waals surface area (Å²) in [6.45, 7) is 7.81. The second-order valence-electron chi connectivity index (χ2n) is 4.05. The van der Waals surface area contributed by atoms with Crippen LogP contribution in [-0.4, -0.2) is 31.1 Å². The maximum Gasteiger partial charge on any atom is 0.0237 e. The Kier molecular flexibility index (Phi) is 8.43. The third-order valence-electron chi connectivity index (χ3n) is 2.98. The highest BCUT2D eigenvalue weighted by molar-refractivity contribution is 9.10. The first-order valence-electron chi connectivity index (χ1n) is 5.44. The number of nitrogens with one attached hydrogen (secondary N) is 1. The van der Waals surface area contributed by atoms with Crippen LogP contribution in [0.1, 0.15) is 11.1 Å². The molecule has 0 spiro atoms. The third kappa shape index (κ3) is 4.76. The average molecular weight is 342 g/mol. The van der Waals surface area contributed by atoms with Gasteiger partial charge >= 0.3 is 0 Å². The van der Waals surface area contributed by atoms with Gasteiger partial charge < -0.3 is 5.32 Å². The van der Waals surface area contributed by atoms with Crippen LogP contribution in [-0.2, 0) is 6.54 Å². The summed E-state index contributed by atoms with van der Waals surface area (Å²) >= 11 is 3.58. The van der Waals surface area contributed by atoms with Gasteiger partial charge in [0.15, 0.2) is 0 Å². The highest BCUT2D eigenvalue weighted by Crippen LogP contribution is 2.20. The zero-order chi connectivity index (χ0) is 10.7. The van der Waals surface area contributed by atoms with Crippen LogP contribution in [0.5, 0.6) is 0 Å². The van der Waals surface area contributed by atoms with Gasteiger partial charge in [-0.3, -0.25) is 4.90 Å². The number of piperazine rings is 1. The van der Waals surface area contributed by atoms with Crippen LogP contribution in [0.3, 0.4) is 0 Å². The Bertz CT molecular complexity index is 341. The van der Waals surface area contributed by atoms with Gasteiger partial charge in [0.2, 0.25) is 0 Å². The van der Waals surface area contributed by atoms with E-state index < -0.39 is 0 Å². The highest BCUT2D eigenvalue weighted by atomic mass is 79.9. The molecule has 1 aliphatic rings. The van der Waals surface area contributed by atoms with E-state index in [-0.39, 0.29) is 24.8 Å². The molecule has 0 amide bonds. The lowest BCUT2D eigenvalue weighted by Crippen LogP contribution is -2.42. The highest BCUT2D eigenvalue weighted by Gasteiger charge is 2.11. The third-order valence-corrected chi connectivity index (χ3v) is 3.84. The maximum absolute atomic E-state index is 3.58. The Morgan fingerprint density at radius 2 is 1.88 bits per heavy atom. The van der Waals surface area contributed by atoms with Crippen molar-refractivity contribution in [2.75, 3.05) is 26.2 Å². The monoisotopic (exact) mass is 340 g/mol. The molecule has 1 aromatic rings. The molecular formula is C12H19BrCl2N2. The first-order chi connectivity index (χ1) is 7.27. The molecule has 1 saturated heterocycles. The van der Waals surface area contributed by atoms with Crippen molar-refractivity contribution in [3.63, 3.8) is 0 Å². The van der Waals surface area contributed by atoms with Gasteiger partial charge in [-0.05, 0) is 24.1 Å². The predicted octanol–water partition coefficient (Wildman–Crippen LogP) is 3.01. The summed E-state index contributed by atoms with van der Waals surface area (Å²) in [5, 5.41) is 3.38. The molecule has 1 fully saturated rings. The summed E-state index contributed by atoms with van der Waals surface area (Å²) in [6, 6.07) is 6.45. The zero-order valence-electron chi connectivity index (χ0n) is 9.91. The minimum Gasteiger partial charge on any atom is -0.314 e. The van der Waals surface area contributed by atoms with Crippen molar-refractivity contribution in [3.8, 4) is 0 Å². The van der Waals surface area contributed by atoms with Crippen molar-refractivity contribution < 1.29 is 0 Å². The number of rotatable bonds is 2. The Morgan fingerprint density at radius 1 is 1.24 bits per heavy atom. The van der Waals surface area contributed by atoms with Gasteiger partial charge in [0.25, 0.3) is 0 Å². The van der Waals surface area contributed by atoms with Crippen molar-refractivity contribution in [3.05, 3.63) is 33.8 Å². The van der Waals surface area contributed by atoms with Gasteiger partial charge in [0.05, 0.1) is 0 Å². The number of hydrogen-bond donors (Lipinski definition) is 1. The quantitative estimate of drug-likeness (QED) is 0.889. The summed E-state index contributed by atoms with van der Waals surface area (Å²) < 4.78 is 1.22. The van der Waals surface area contributed by atoms with Gasteiger partial charge in [0.1, 0.15) is 0 Å². The lowest BCUT2D eigenvalue weighted by Gasteiger charge is -2.27. The number of halogens is 3. The molecule has 0 aromatic heterocycles. The molecule has 0 atom stereocenters. The molecule has 2 nitrogen and oxygen atoms in total. The smallest absolute Gasteiger partial charge is 0.0237 e. The minimum atomic E-state index is 0. The molecular weight excluding hydrogens is 323 g/mol. The van der Waals surface area contributed by atoms with Crippen molar-refractivity contribution in [2.24, 2.45) is 0 Å². The normalized spacial score (nSPS) is 15.9. The Balaban J connectivity index is 0.00000128. The standard InChI is InChI=1S/C12H17BrN2.2ClH/c1-10-11(3-2-4-12(10)13)9-15-7-5-14-6-8-15;;/h2-4,14H,5-9H2,1H3;2*1H. The van der Waals surface area contributed by atoms with Crippen LogP contribution < -0.4 is 5.32 Å². The van der Waals surface area contributed by atoms with Crippen LogP contribution in [0.15, 0.2) is 22.7 Å². The lowest BCUT2D eigenvalue weighted by molar-refractivity contribution is 0.233. The second kappa shape index (κ2) is 8.33. The molecule has 0 aliphatic carbocycles. The summed E-state index contributed by atoms with van der Waals surface area (Å²) in [7, 11) is 0. The minimum absolute atomic E-state index is 0. The van der Waals surface area contributed by atoms with Crippen molar-refractivity contribution >= 4 is 40.7 Å². The number of hydrogen-bond acceptors (Lipinski definition) is 2. The van der Waals surface area contributed by atoms with Crippen LogP contribution in [0.2, 0.25) is 0 Å². The van der Waals surface area contributed by atoms with Gasteiger partial charge in [0, 0.05) is 37.2 Å². The lowest BCUT2D eigenvalue weighted by atomic mass is 10.1. The van der Waals surface area contributed by atoms with Gasteiger partial charge in [-0.25, -0.2) is 0 Å². The molecule has 98 valence electrons. The molecule has 0 radical (unpaired) electrons. The van der Waals surface area contributed by atoms with E-state index >= 15 is 0 Å². The van der Waals surface area contributed by atoms with Gasteiger partial charge in [-0.2, -0.15) is 0 Å². The van der Waals surface area contributed by atoms with Crippen LogP contribution in [0.25, 0.3) is 0 Å². The molecule has 1 N–H and O–H groups in total. The maximum atomic E-state index is 3.58.